The van der Waals surface area contributed by atoms with Gasteiger partial charge in [-0.25, -0.2) is 0 Å². The average Bonchev–Trinajstić information content (AvgIpc) is 2.66. The van der Waals surface area contributed by atoms with Gasteiger partial charge in [0.2, 0.25) is 0 Å². The van der Waals surface area contributed by atoms with Crippen molar-refractivity contribution in [2.24, 2.45) is 17.8 Å². The Hall–Kier alpha value is -0.0400. The minimum Gasteiger partial charge on any atom is -0.378 e. The van der Waals surface area contributed by atoms with Crippen molar-refractivity contribution in [3.8, 4) is 0 Å². The highest BCUT2D eigenvalue weighted by molar-refractivity contribution is 4.77. The van der Waals surface area contributed by atoms with Gasteiger partial charge in [-0.05, 0) is 49.9 Å². The Morgan fingerprint density at radius 3 is 1.64 bits per heavy atom. The summed E-state index contributed by atoms with van der Waals surface area (Å²) in [7, 11) is 0. The van der Waals surface area contributed by atoms with Crippen LogP contribution in [0.4, 0.5) is 0 Å². The maximum Gasteiger partial charge on any atom is 0.0575 e. The highest BCUT2D eigenvalue weighted by atomic mass is 16.5. The van der Waals surface area contributed by atoms with E-state index >= 15 is 0 Å². The Labute approximate surface area is 158 Å². The first-order valence-electron chi connectivity index (χ1n) is 11.9. The third kappa shape index (κ3) is 8.94. The van der Waals surface area contributed by atoms with E-state index in [1.165, 1.54) is 109 Å². The normalized spacial score (nSPS) is 30.5. The molecule has 0 heterocycles. The minimum absolute atomic E-state index is 0.587. The zero-order chi connectivity index (χ0) is 17.7. The zero-order valence-corrected chi connectivity index (χ0v) is 17.4. The second-order valence-corrected chi connectivity index (χ2v) is 9.18. The smallest absolute Gasteiger partial charge is 0.0575 e. The lowest BCUT2D eigenvalue weighted by Crippen LogP contribution is -2.23. The Kier molecular flexibility index (Phi) is 11.2. The summed E-state index contributed by atoms with van der Waals surface area (Å²) in [4.78, 5) is 0. The Morgan fingerprint density at radius 2 is 1.08 bits per heavy atom. The van der Waals surface area contributed by atoms with Gasteiger partial charge < -0.3 is 4.74 Å². The van der Waals surface area contributed by atoms with Gasteiger partial charge in [0.15, 0.2) is 0 Å². The molecular formula is C24H46O. The van der Waals surface area contributed by atoms with Gasteiger partial charge in [0.1, 0.15) is 0 Å². The third-order valence-electron chi connectivity index (χ3n) is 7.02. The van der Waals surface area contributed by atoms with E-state index in [4.69, 9.17) is 4.74 Å². The van der Waals surface area contributed by atoms with Gasteiger partial charge in [-0.1, -0.05) is 90.9 Å². The second kappa shape index (κ2) is 13.2. The summed E-state index contributed by atoms with van der Waals surface area (Å²) in [6, 6.07) is 0. The van der Waals surface area contributed by atoms with E-state index < -0.39 is 0 Å². The Balaban J connectivity index is 1.47. The zero-order valence-electron chi connectivity index (χ0n) is 17.4. The molecule has 2 aliphatic carbocycles. The molecule has 0 saturated heterocycles. The number of rotatable bonds is 12. The van der Waals surface area contributed by atoms with Crippen molar-refractivity contribution in [3.63, 3.8) is 0 Å². The molecule has 2 rings (SSSR count). The fourth-order valence-corrected chi connectivity index (χ4v) is 5.19. The summed E-state index contributed by atoms with van der Waals surface area (Å²) >= 11 is 0. The molecule has 0 amide bonds. The van der Waals surface area contributed by atoms with E-state index in [1.54, 1.807) is 0 Å². The molecule has 1 heteroatoms. The van der Waals surface area contributed by atoms with Gasteiger partial charge in [0, 0.05) is 6.61 Å². The van der Waals surface area contributed by atoms with E-state index in [-0.39, 0.29) is 0 Å². The van der Waals surface area contributed by atoms with Crippen LogP contribution >= 0.6 is 0 Å². The van der Waals surface area contributed by atoms with Crippen LogP contribution in [0.3, 0.4) is 0 Å². The third-order valence-corrected chi connectivity index (χ3v) is 7.02. The molecule has 25 heavy (non-hydrogen) atoms. The van der Waals surface area contributed by atoms with Crippen molar-refractivity contribution in [3.05, 3.63) is 0 Å². The molecule has 148 valence electrons. The minimum atomic E-state index is 0.587. The summed E-state index contributed by atoms with van der Waals surface area (Å²) in [6.45, 7) is 5.50. The molecule has 0 aromatic rings. The van der Waals surface area contributed by atoms with Crippen molar-refractivity contribution in [1.82, 2.24) is 0 Å². The van der Waals surface area contributed by atoms with E-state index in [0.717, 1.165) is 24.4 Å². The van der Waals surface area contributed by atoms with Crippen LogP contribution in [0.1, 0.15) is 123 Å². The standard InChI is InChI=1S/C24H46O/c1-3-5-6-7-8-9-21-10-12-22(13-11-21)14-15-23-16-18-24(19-17-23)25-20-4-2/h21-24H,3-20H2,1-2H3. The molecule has 0 aromatic heterocycles. The van der Waals surface area contributed by atoms with Gasteiger partial charge in [0.25, 0.3) is 0 Å². The maximum absolute atomic E-state index is 5.94. The Morgan fingerprint density at radius 1 is 0.560 bits per heavy atom. The van der Waals surface area contributed by atoms with Gasteiger partial charge in [0.05, 0.1) is 6.10 Å². The highest BCUT2D eigenvalue weighted by Crippen LogP contribution is 2.37. The number of hydrogen-bond acceptors (Lipinski definition) is 1. The average molecular weight is 351 g/mol. The summed E-state index contributed by atoms with van der Waals surface area (Å²) < 4.78 is 5.94. The SMILES string of the molecule is CCCCCCCC1CCC(CCC2CCC(OCCC)CC2)CC1. The summed E-state index contributed by atoms with van der Waals surface area (Å²) in [5.41, 5.74) is 0. The molecule has 0 spiro atoms. The van der Waals surface area contributed by atoms with E-state index in [9.17, 15) is 0 Å². The molecule has 2 saturated carbocycles. The fourth-order valence-electron chi connectivity index (χ4n) is 5.19. The molecule has 0 unspecified atom stereocenters. The van der Waals surface area contributed by atoms with Crippen LogP contribution in [0.2, 0.25) is 0 Å². The maximum atomic E-state index is 5.94. The lowest BCUT2D eigenvalue weighted by Gasteiger charge is -2.32. The van der Waals surface area contributed by atoms with Crippen LogP contribution < -0.4 is 0 Å². The molecule has 0 atom stereocenters. The first-order valence-corrected chi connectivity index (χ1v) is 11.9. The molecule has 2 fully saturated rings. The molecule has 0 aliphatic heterocycles. The fraction of sp³-hybridized carbons (Fsp3) is 1.00. The van der Waals surface area contributed by atoms with Gasteiger partial charge >= 0.3 is 0 Å². The van der Waals surface area contributed by atoms with Crippen molar-refractivity contribution in [1.29, 1.82) is 0 Å². The van der Waals surface area contributed by atoms with E-state index in [0.29, 0.717) is 6.10 Å². The van der Waals surface area contributed by atoms with Crippen LogP contribution in [-0.4, -0.2) is 12.7 Å². The first-order chi connectivity index (χ1) is 12.3. The van der Waals surface area contributed by atoms with Gasteiger partial charge in [-0.3, -0.25) is 0 Å². The van der Waals surface area contributed by atoms with Crippen molar-refractivity contribution >= 4 is 0 Å². The number of hydrogen-bond donors (Lipinski definition) is 0. The molecule has 0 bridgehead atoms. The van der Waals surface area contributed by atoms with Crippen LogP contribution in [0.5, 0.6) is 0 Å². The molecule has 0 N–H and O–H groups in total. The predicted octanol–water partition coefficient (Wildman–Crippen LogP) is 7.92. The first kappa shape index (κ1) is 21.3. The molecule has 0 aromatic carbocycles. The summed E-state index contributed by atoms with van der Waals surface area (Å²) in [6.07, 6.45) is 25.3. The van der Waals surface area contributed by atoms with E-state index in [2.05, 4.69) is 13.8 Å². The van der Waals surface area contributed by atoms with Crippen molar-refractivity contribution in [2.75, 3.05) is 6.61 Å². The van der Waals surface area contributed by atoms with Crippen molar-refractivity contribution in [2.45, 2.75) is 129 Å². The van der Waals surface area contributed by atoms with Crippen LogP contribution in [0, 0.1) is 17.8 Å². The molecule has 0 radical (unpaired) electrons. The van der Waals surface area contributed by atoms with Crippen LogP contribution in [0.15, 0.2) is 0 Å². The summed E-state index contributed by atoms with van der Waals surface area (Å²) in [5, 5.41) is 0. The lowest BCUT2D eigenvalue weighted by atomic mass is 9.76. The number of ether oxygens (including phenoxy) is 1. The van der Waals surface area contributed by atoms with Crippen LogP contribution in [-0.2, 0) is 4.74 Å². The topological polar surface area (TPSA) is 9.23 Å². The van der Waals surface area contributed by atoms with Crippen molar-refractivity contribution < 1.29 is 4.74 Å². The molecular weight excluding hydrogens is 304 g/mol. The quantitative estimate of drug-likeness (QED) is 0.325. The monoisotopic (exact) mass is 350 g/mol. The van der Waals surface area contributed by atoms with Gasteiger partial charge in [-0.2, -0.15) is 0 Å². The van der Waals surface area contributed by atoms with E-state index in [1.807, 2.05) is 0 Å². The molecule has 2 aliphatic rings. The Bertz CT molecular complexity index is 297. The lowest BCUT2D eigenvalue weighted by molar-refractivity contribution is 0.0167. The highest BCUT2D eigenvalue weighted by Gasteiger charge is 2.24. The van der Waals surface area contributed by atoms with Gasteiger partial charge in [-0.15, -0.1) is 0 Å². The van der Waals surface area contributed by atoms with Crippen LogP contribution in [0.25, 0.3) is 0 Å². The predicted molar refractivity (Wildman–Crippen MR) is 110 cm³/mol. The second-order valence-electron chi connectivity index (χ2n) is 9.18. The number of unbranched alkanes of at least 4 members (excludes halogenated alkanes) is 4. The molecule has 1 nitrogen and oxygen atoms in total. The summed E-state index contributed by atoms with van der Waals surface area (Å²) in [5.74, 6) is 3.15. The largest absolute Gasteiger partial charge is 0.378 e.